The van der Waals surface area contributed by atoms with Crippen molar-refractivity contribution in [3.8, 4) is 0 Å². The maximum absolute atomic E-state index is 11.7. The van der Waals surface area contributed by atoms with Crippen LogP contribution in [-0.4, -0.2) is 42.0 Å². The number of carbonyl (C=O) groups is 2. The number of aliphatic hydroxyl groups excluding tert-OH is 1. The summed E-state index contributed by atoms with van der Waals surface area (Å²) in [6.45, 7) is 0.192. The van der Waals surface area contributed by atoms with E-state index in [1.807, 2.05) is 0 Å². The highest BCUT2D eigenvalue weighted by molar-refractivity contribution is 5.97. The van der Waals surface area contributed by atoms with Crippen LogP contribution >= 0.6 is 0 Å². The number of rotatable bonds is 4. The van der Waals surface area contributed by atoms with Gasteiger partial charge < -0.3 is 15.7 Å². The van der Waals surface area contributed by atoms with Crippen LogP contribution in [0.15, 0.2) is 24.3 Å². The highest BCUT2D eigenvalue weighted by Crippen LogP contribution is 2.06. The summed E-state index contributed by atoms with van der Waals surface area (Å²) in [6.07, 6.45) is 0. The molecule has 0 bridgehead atoms. The number of likely N-dealkylation sites (N-methyl/N-ethyl adjacent to an activating group) is 1. The second-order valence-electron chi connectivity index (χ2n) is 3.39. The molecular formula is C11H14N2O3. The van der Waals surface area contributed by atoms with Crippen LogP contribution in [0.5, 0.6) is 0 Å². The predicted molar refractivity (Wildman–Crippen MR) is 59.0 cm³/mol. The van der Waals surface area contributed by atoms with Gasteiger partial charge >= 0.3 is 0 Å². The fourth-order valence-electron chi connectivity index (χ4n) is 1.25. The molecular weight excluding hydrogens is 208 g/mol. The van der Waals surface area contributed by atoms with E-state index in [9.17, 15) is 9.59 Å². The molecule has 3 N–H and O–H groups in total. The molecule has 1 aromatic carbocycles. The van der Waals surface area contributed by atoms with E-state index in [0.717, 1.165) is 0 Å². The summed E-state index contributed by atoms with van der Waals surface area (Å²) in [4.78, 5) is 23.9. The molecule has 5 nitrogen and oxygen atoms in total. The minimum Gasteiger partial charge on any atom is -0.395 e. The average molecular weight is 222 g/mol. The zero-order chi connectivity index (χ0) is 12.1. The van der Waals surface area contributed by atoms with Crippen molar-refractivity contribution >= 4 is 11.8 Å². The number of aliphatic hydroxyl groups is 1. The van der Waals surface area contributed by atoms with Gasteiger partial charge in [0.25, 0.3) is 5.91 Å². The first-order chi connectivity index (χ1) is 7.56. The Kier molecular flexibility index (Phi) is 4.02. The Bertz CT molecular complexity index is 387. The Morgan fingerprint density at radius 2 is 1.75 bits per heavy atom. The van der Waals surface area contributed by atoms with Crippen molar-refractivity contribution in [1.82, 2.24) is 4.90 Å². The smallest absolute Gasteiger partial charge is 0.253 e. The maximum Gasteiger partial charge on any atom is 0.253 e. The minimum absolute atomic E-state index is 0.0817. The Balaban J connectivity index is 2.81. The molecule has 0 unspecified atom stereocenters. The minimum atomic E-state index is -0.525. The predicted octanol–water partition coefficient (Wildman–Crippen LogP) is -0.150. The van der Waals surface area contributed by atoms with Gasteiger partial charge in [-0.05, 0) is 24.3 Å². The van der Waals surface area contributed by atoms with Gasteiger partial charge in [-0.3, -0.25) is 9.59 Å². The summed E-state index contributed by atoms with van der Waals surface area (Å²) in [6, 6.07) is 6.08. The van der Waals surface area contributed by atoms with Crippen LogP contribution in [0.1, 0.15) is 20.7 Å². The molecule has 5 heteroatoms. The molecule has 0 aliphatic carbocycles. The first-order valence-electron chi connectivity index (χ1n) is 4.82. The van der Waals surface area contributed by atoms with Crippen molar-refractivity contribution in [1.29, 1.82) is 0 Å². The highest BCUT2D eigenvalue weighted by atomic mass is 16.3. The Morgan fingerprint density at radius 1 is 1.25 bits per heavy atom. The number of carbonyl (C=O) groups excluding carboxylic acids is 2. The van der Waals surface area contributed by atoms with Crippen molar-refractivity contribution in [2.24, 2.45) is 5.73 Å². The number of amides is 2. The van der Waals surface area contributed by atoms with Crippen LogP contribution in [0.25, 0.3) is 0 Å². The van der Waals surface area contributed by atoms with E-state index in [0.29, 0.717) is 11.1 Å². The number of nitrogens with zero attached hydrogens (tertiary/aromatic N) is 1. The van der Waals surface area contributed by atoms with Crippen molar-refractivity contribution < 1.29 is 14.7 Å². The molecule has 0 saturated carbocycles. The fraction of sp³-hybridized carbons (Fsp3) is 0.273. The lowest BCUT2D eigenvalue weighted by molar-refractivity contribution is 0.0766. The first-order valence-corrected chi connectivity index (χ1v) is 4.82. The van der Waals surface area contributed by atoms with Gasteiger partial charge in [0, 0.05) is 24.7 Å². The highest BCUT2D eigenvalue weighted by Gasteiger charge is 2.11. The van der Waals surface area contributed by atoms with E-state index >= 15 is 0 Å². The fourth-order valence-corrected chi connectivity index (χ4v) is 1.25. The lowest BCUT2D eigenvalue weighted by atomic mass is 10.1. The lowest BCUT2D eigenvalue weighted by Crippen LogP contribution is -2.29. The van der Waals surface area contributed by atoms with E-state index < -0.39 is 5.91 Å². The molecule has 0 radical (unpaired) electrons. The van der Waals surface area contributed by atoms with Crippen LogP contribution in [0.4, 0.5) is 0 Å². The van der Waals surface area contributed by atoms with Crippen LogP contribution in [0.3, 0.4) is 0 Å². The summed E-state index contributed by atoms with van der Waals surface area (Å²) in [5, 5.41) is 8.69. The topological polar surface area (TPSA) is 83.6 Å². The quantitative estimate of drug-likeness (QED) is 0.743. The third-order valence-electron chi connectivity index (χ3n) is 2.20. The van der Waals surface area contributed by atoms with Crippen LogP contribution in [0, 0.1) is 0 Å². The van der Waals surface area contributed by atoms with Crippen molar-refractivity contribution in [3.05, 3.63) is 35.4 Å². The summed E-state index contributed by atoms with van der Waals surface area (Å²) in [5.41, 5.74) is 5.90. The molecule has 16 heavy (non-hydrogen) atoms. The molecule has 0 spiro atoms. The largest absolute Gasteiger partial charge is 0.395 e. The van der Waals surface area contributed by atoms with Gasteiger partial charge in [-0.1, -0.05) is 0 Å². The number of primary amides is 1. The third-order valence-corrected chi connectivity index (χ3v) is 2.20. The maximum atomic E-state index is 11.7. The summed E-state index contributed by atoms with van der Waals surface area (Å²) >= 11 is 0. The van der Waals surface area contributed by atoms with Crippen LogP contribution in [0.2, 0.25) is 0 Å². The zero-order valence-corrected chi connectivity index (χ0v) is 9.01. The van der Waals surface area contributed by atoms with Gasteiger partial charge in [0.15, 0.2) is 0 Å². The van der Waals surface area contributed by atoms with E-state index in [1.54, 1.807) is 7.05 Å². The zero-order valence-electron chi connectivity index (χ0n) is 9.01. The summed E-state index contributed by atoms with van der Waals surface area (Å²) < 4.78 is 0. The number of nitrogens with two attached hydrogens (primary N) is 1. The second-order valence-corrected chi connectivity index (χ2v) is 3.39. The molecule has 0 saturated heterocycles. The molecule has 1 aromatic rings. The molecule has 0 atom stereocenters. The van der Waals surface area contributed by atoms with Crippen molar-refractivity contribution in [3.63, 3.8) is 0 Å². The standard InChI is InChI=1S/C11H14N2O3/c1-13(6-7-14)11(16)9-4-2-8(3-5-9)10(12)15/h2-5,14H,6-7H2,1H3,(H2,12,15). The Hall–Kier alpha value is -1.88. The molecule has 0 fully saturated rings. The van der Waals surface area contributed by atoms with E-state index in [-0.39, 0.29) is 19.1 Å². The molecule has 2 amide bonds. The van der Waals surface area contributed by atoms with Crippen LogP contribution < -0.4 is 5.73 Å². The summed E-state index contributed by atoms with van der Waals surface area (Å²) in [5.74, 6) is -0.729. The molecule has 0 aliphatic rings. The lowest BCUT2D eigenvalue weighted by Gasteiger charge is -2.15. The Labute approximate surface area is 93.5 Å². The Morgan fingerprint density at radius 3 is 2.19 bits per heavy atom. The second kappa shape index (κ2) is 5.27. The number of hydrogen-bond donors (Lipinski definition) is 2. The molecule has 0 heterocycles. The van der Waals surface area contributed by atoms with Gasteiger partial charge in [0.05, 0.1) is 6.61 Å². The normalized spacial score (nSPS) is 9.88. The molecule has 0 aliphatic heterocycles. The SMILES string of the molecule is CN(CCO)C(=O)c1ccc(C(N)=O)cc1. The first kappa shape index (κ1) is 12.2. The molecule has 86 valence electrons. The van der Waals surface area contributed by atoms with Gasteiger partial charge in [-0.25, -0.2) is 0 Å². The van der Waals surface area contributed by atoms with Crippen molar-refractivity contribution in [2.75, 3.05) is 20.2 Å². The monoisotopic (exact) mass is 222 g/mol. The van der Waals surface area contributed by atoms with E-state index in [1.165, 1.54) is 29.2 Å². The molecule has 0 aromatic heterocycles. The molecule has 1 rings (SSSR count). The summed E-state index contributed by atoms with van der Waals surface area (Å²) in [7, 11) is 1.60. The van der Waals surface area contributed by atoms with Gasteiger partial charge in [-0.15, -0.1) is 0 Å². The third kappa shape index (κ3) is 2.80. The van der Waals surface area contributed by atoms with Gasteiger partial charge in [0.1, 0.15) is 0 Å². The van der Waals surface area contributed by atoms with Crippen molar-refractivity contribution in [2.45, 2.75) is 0 Å². The average Bonchev–Trinajstić information content (AvgIpc) is 2.28. The van der Waals surface area contributed by atoms with Crippen LogP contribution in [-0.2, 0) is 0 Å². The number of benzene rings is 1. The van der Waals surface area contributed by atoms with E-state index in [4.69, 9.17) is 10.8 Å². The number of hydrogen-bond acceptors (Lipinski definition) is 3. The van der Waals surface area contributed by atoms with Gasteiger partial charge in [-0.2, -0.15) is 0 Å². The van der Waals surface area contributed by atoms with Gasteiger partial charge in [0.2, 0.25) is 5.91 Å². The van der Waals surface area contributed by atoms with E-state index in [2.05, 4.69) is 0 Å².